The number of aryl methyl sites for hydroxylation is 2. The van der Waals surface area contributed by atoms with Crippen molar-refractivity contribution in [3.05, 3.63) is 50.2 Å². The Bertz CT molecular complexity index is 611. The molecule has 0 amide bonds. The van der Waals surface area contributed by atoms with E-state index in [1.54, 1.807) is 29.5 Å². The summed E-state index contributed by atoms with van der Waals surface area (Å²) in [4.78, 5) is 2.62. The number of nitrogens with one attached hydrogen (secondary N) is 1. The third kappa shape index (κ3) is 2.84. The molecule has 2 rings (SSSR count). The lowest BCUT2D eigenvalue weighted by Gasteiger charge is -2.08. The first-order valence-corrected chi connectivity index (χ1v) is 6.79. The van der Waals surface area contributed by atoms with E-state index >= 15 is 0 Å². The monoisotopic (exact) mass is 276 g/mol. The van der Waals surface area contributed by atoms with Gasteiger partial charge < -0.3 is 5.32 Å². The summed E-state index contributed by atoms with van der Waals surface area (Å²) in [6.45, 7) is 4.94. The fourth-order valence-electron chi connectivity index (χ4n) is 1.78. The summed E-state index contributed by atoms with van der Waals surface area (Å²) in [5.41, 5.74) is 2.69. The highest BCUT2D eigenvalue weighted by Gasteiger charge is 2.05. The van der Waals surface area contributed by atoms with Crippen LogP contribution in [0.1, 0.15) is 20.9 Å². The highest BCUT2D eigenvalue weighted by Crippen LogP contribution is 2.25. The van der Waals surface area contributed by atoms with Crippen molar-refractivity contribution in [2.45, 2.75) is 20.4 Å². The highest BCUT2D eigenvalue weighted by molar-refractivity contribution is 7.12. The topological polar surface area (TPSA) is 35.8 Å². The second kappa shape index (κ2) is 5.43. The number of halogens is 1. The second-order valence-electron chi connectivity index (χ2n) is 4.10. The third-order valence-corrected chi connectivity index (χ3v) is 4.05. The first-order chi connectivity index (χ1) is 8.60. The summed E-state index contributed by atoms with van der Waals surface area (Å²) >= 11 is 7.89. The van der Waals surface area contributed by atoms with Crippen molar-refractivity contribution in [3.8, 4) is 6.07 Å². The highest BCUT2D eigenvalue weighted by atomic mass is 35.5. The summed E-state index contributed by atoms with van der Waals surface area (Å²) < 4.78 is 0. The Morgan fingerprint density at radius 2 is 2.11 bits per heavy atom. The van der Waals surface area contributed by atoms with Gasteiger partial charge in [-0.1, -0.05) is 11.6 Å². The average Bonchev–Trinajstić information content (AvgIpc) is 2.67. The van der Waals surface area contributed by atoms with Crippen LogP contribution in [0.4, 0.5) is 5.69 Å². The number of hydrogen-bond donors (Lipinski definition) is 1. The SMILES string of the molecule is Cc1cc(CNc2cc(C#N)ccc2Cl)c(C)s1. The van der Waals surface area contributed by atoms with Crippen molar-refractivity contribution in [2.75, 3.05) is 5.32 Å². The van der Waals surface area contributed by atoms with Crippen LogP contribution in [-0.2, 0) is 6.54 Å². The van der Waals surface area contributed by atoms with E-state index in [0.717, 1.165) is 12.2 Å². The third-order valence-electron chi connectivity index (χ3n) is 2.71. The van der Waals surface area contributed by atoms with Crippen molar-refractivity contribution >= 4 is 28.6 Å². The molecule has 2 nitrogen and oxygen atoms in total. The van der Waals surface area contributed by atoms with Crippen molar-refractivity contribution in [1.82, 2.24) is 0 Å². The molecule has 1 N–H and O–H groups in total. The van der Waals surface area contributed by atoms with Gasteiger partial charge in [0.1, 0.15) is 0 Å². The summed E-state index contributed by atoms with van der Waals surface area (Å²) in [5.74, 6) is 0. The van der Waals surface area contributed by atoms with Gasteiger partial charge in [0.05, 0.1) is 22.3 Å². The molecule has 0 unspecified atom stereocenters. The number of nitrogens with zero attached hydrogens (tertiary/aromatic N) is 1. The zero-order valence-electron chi connectivity index (χ0n) is 10.2. The van der Waals surface area contributed by atoms with Gasteiger partial charge in [0.25, 0.3) is 0 Å². The van der Waals surface area contributed by atoms with E-state index in [9.17, 15) is 0 Å². The number of thiophene rings is 1. The van der Waals surface area contributed by atoms with Crippen molar-refractivity contribution in [2.24, 2.45) is 0 Å². The van der Waals surface area contributed by atoms with Crippen LogP contribution in [0.2, 0.25) is 5.02 Å². The molecule has 1 aromatic heterocycles. The summed E-state index contributed by atoms with van der Waals surface area (Å²) in [7, 11) is 0. The molecular formula is C14H13ClN2S. The molecule has 0 saturated carbocycles. The molecule has 92 valence electrons. The maximum atomic E-state index is 8.87. The molecule has 1 aromatic carbocycles. The molecule has 0 atom stereocenters. The molecule has 0 saturated heterocycles. The van der Waals surface area contributed by atoms with E-state index in [0.29, 0.717) is 10.6 Å². The van der Waals surface area contributed by atoms with Crippen molar-refractivity contribution in [1.29, 1.82) is 5.26 Å². The van der Waals surface area contributed by atoms with E-state index < -0.39 is 0 Å². The molecule has 0 spiro atoms. The number of benzene rings is 1. The normalized spacial score (nSPS) is 10.1. The van der Waals surface area contributed by atoms with Gasteiger partial charge in [0.15, 0.2) is 0 Å². The summed E-state index contributed by atoms with van der Waals surface area (Å²) in [6, 6.07) is 9.52. The number of anilines is 1. The van der Waals surface area contributed by atoms with Crippen LogP contribution < -0.4 is 5.32 Å². The van der Waals surface area contributed by atoms with Gasteiger partial charge in [-0.15, -0.1) is 11.3 Å². The van der Waals surface area contributed by atoms with Crippen molar-refractivity contribution < 1.29 is 0 Å². The molecule has 4 heteroatoms. The van der Waals surface area contributed by atoms with Crippen LogP contribution in [-0.4, -0.2) is 0 Å². The van der Waals surface area contributed by atoms with E-state index in [1.165, 1.54) is 15.3 Å². The zero-order chi connectivity index (χ0) is 13.1. The van der Waals surface area contributed by atoms with Crippen LogP contribution in [0, 0.1) is 25.2 Å². The minimum atomic E-state index is 0.611. The first kappa shape index (κ1) is 12.9. The van der Waals surface area contributed by atoms with Crippen LogP contribution in [0.25, 0.3) is 0 Å². The standard InChI is InChI=1S/C14H13ClN2S/c1-9-5-12(10(2)18-9)8-17-14-6-11(7-16)3-4-13(14)15/h3-6,17H,8H2,1-2H3. The average molecular weight is 277 g/mol. The maximum absolute atomic E-state index is 8.87. The van der Waals surface area contributed by atoms with Gasteiger partial charge in [0, 0.05) is 16.3 Å². The van der Waals surface area contributed by atoms with Gasteiger partial charge in [-0.25, -0.2) is 0 Å². The minimum absolute atomic E-state index is 0.611. The van der Waals surface area contributed by atoms with Crippen LogP contribution in [0.15, 0.2) is 24.3 Å². The van der Waals surface area contributed by atoms with Gasteiger partial charge in [0.2, 0.25) is 0 Å². The predicted octanol–water partition coefficient (Wildman–Crippen LogP) is 4.50. The van der Waals surface area contributed by atoms with E-state index in [-0.39, 0.29) is 0 Å². The molecule has 1 heterocycles. The fraction of sp³-hybridized carbons (Fsp3) is 0.214. The van der Waals surface area contributed by atoms with Crippen LogP contribution in [0.5, 0.6) is 0 Å². The Kier molecular flexibility index (Phi) is 3.90. The quantitative estimate of drug-likeness (QED) is 0.896. The van der Waals surface area contributed by atoms with Gasteiger partial charge >= 0.3 is 0 Å². The van der Waals surface area contributed by atoms with Gasteiger partial charge in [-0.2, -0.15) is 5.26 Å². The second-order valence-corrected chi connectivity index (χ2v) is 5.97. The van der Waals surface area contributed by atoms with Gasteiger partial charge in [-0.3, -0.25) is 0 Å². The number of rotatable bonds is 3. The number of nitriles is 1. The smallest absolute Gasteiger partial charge is 0.0992 e. The van der Waals surface area contributed by atoms with Crippen molar-refractivity contribution in [3.63, 3.8) is 0 Å². The lowest BCUT2D eigenvalue weighted by atomic mass is 10.2. The fourth-order valence-corrected chi connectivity index (χ4v) is 2.91. The van der Waals surface area contributed by atoms with E-state index in [2.05, 4.69) is 31.3 Å². The molecular weight excluding hydrogens is 264 g/mol. The molecule has 0 bridgehead atoms. The molecule has 0 aliphatic heterocycles. The maximum Gasteiger partial charge on any atom is 0.0992 e. The summed E-state index contributed by atoms with van der Waals surface area (Å²) in [5, 5.41) is 12.8. The van der Waals surface area contributed by atoms with Crippen LogP contribution in [0.3, 0.4) is 0 Å². The Balaban J connectivity index is 2.15. The Morgan fingerprint density at radius 3 is 2.72 bits per heavy atom. The lowest BCUT2D eigenvalue weighted by molar-refractivity contribution is 1.14. The molecule has 0 aliphatic rings. The first-order valence-electron chi connectivity index (χ1n) is 5.59. The number of hydrogen-bond acceptors (Lipinski definition) is 3. The van der Waals surface area contributed by atoms with Gasteiger partial charge in [-0.05, 0) is 43.7 Å². The van der Waals surface area contributed by atoms with E-state index in [4.69, 9.17) is 16.9 Å². The zero-order valence-corrected chi connectivity index (χ0v) is 11.8. The minimum Gasteiger partial charge on any atom is -0.380 e. The molecule has 18 heavy (non-hydrogen) atoms. The largest absolute Gasteiger partial charge is 0.380 e. The lowest BCUT2D eigenvalue weighted by Crippen LogP contribution is -2.00. The molecule has 2 aromatic rings. The molecule has 0 radical (unpaired) electrons. The Hall–Kier alpha value is -1.50. The Labute approximate surface area is 116 Å². The predicted molar refractivity (Wildman–Crippen MR) is 77.3 cm³/mol. The molecule has 0 fully saturated rings. The van der Waals surface area contributed by atoms with E-state index in [1.807, 2.05) is 0 Å². The Morgan fingerprint density at radius 1 is 1.33 bits per heavy atom. The summed E-state index contributed by atoms with van der Waals surface area (Å²) in [6.07, 6.45) is 0. The molecule has 0 aliphatic carbocycles. The van der Waals surface area contributed by atoms with Crippen LogP contribution >= 0.6 is 22.9 Å².